The molecule has 4 amide bonds. The number of amides is 4. The van der Waals surface area contributed by atoms with E-state index in [1.54, 1.807) is 13.2 Å². The molecule has 3 aromatic rings. The molecule has 1 aromatic heterocycles. The van der Waals surface area contributed by atoms with E-state index >= 15 is 0 Å². The zero-order chi connectivity index (χ0) is 41.2. The number of methoxy groups -OCH3 is 1. The first-order valence-corrected chi connectivity index (χ1v) is 22.4. The Labute approximate surface area is 340 Å². The van der Waals surface area contributed by atoms with E-state index in [2.05, 4.69) is 20.3 Å². The van der Waals surface area contributed by atoms with E-state index < -0.39 is 51.3 Å². The lowest BCUT2D eigenvalue weighted by molar-refractivity contribution is -0.141. The second kappa shape index (κ2) is 19.7. The summed E-state index contributed by atoms with van der Waals surface area (Å²) in [6.07, 6.45) is 9.12. The van der Waals surface area contributed by atoms with Gasteiger partial charge in [-0.25, -0.2) is 13.2 Å². The molecule has 0 spiro atoms. The second-order valence-corrected chi connectivity index (χ2v) is 17.9. The highest BCUT2D eigenvalue weighted by Gasteiger charge is 2.42. The molecule has 2 aromatic carbocycles. The van der Waals surface area contributed by atoms with E-state index in [-0.39, 0.29) is 23.9 Å². The number of nitrogens with zero attached hydrogens (tertiary/aromatic N) is 1. The zero-order valence-corrected chi connectivity index (χ0v) is 34.4. The van der Waals surface area contributed by atoms with Crippen molar-refractivity contribution < 1.29 is 37.1 Å². The van der Waals surface area contributed by atoms with Gasteiger partial charge in [0.15, 0.2) is 5.43 Å². The van der Waals surface area contributed by atoms with Gasteiger partial charge in [0.25, 0.3) is 5.91 Å². The van der Waals surface area contributed by atoms with Crippen LogP contribution in [0.4, 0.5) is 4.79 Å². The first kappa shape index (κ1) is 42.7. The van der Waals surface area contributed by atoms with Crippen LogP contribution < -0.4 is 25.5 Å². The molecule has 14 nitrogen and oxygen atoms in total. The maximum Gasteiger partial charge on any atom is 0.407 e. The third-order valence-corrected chi connectivity index (χ3v) is 13.4. The Morgan fingerprint density at radius 3 is 2.36 bits per heavy atom. The topological polar surface area (TPSA) is 193 Å². The fourth-order valence-electron chi connectivity index (χ4n) is 8.08. The molecule has 2 aliphatic heterocycles. The minimum absolute atomic E-state index is 0.0768. The van der Waals surface area contributed by atoms with Crippen molar-refractivity contribution in [3.63, 3.8) is 0 Å². The predicted octanol–water partition coefficient (Wildman–Crippen LogP) is 5.48. The number of aryl methyl sites for hydroxylation is 1. The van der Waals surface area contributed by atoms with Gasteiger partial charge in [-0.2, -0.15) is 0 Å². The van der Waals surface area contributed by atoms with Crippen LogP contribution in [-0.2, 0) is 35.6 Å². The maximum absolute atomic E-state index is 14.0. The molecule has 0 bridgehead atoms. The van der Waals surface area contributed by atoms with E-state index in [1.807, 2.05) is 49.4 Å². The van der Waals surface area contributed by atoms with Crippen LogP contribution in [0.25, 0.3) is 22.2 Å². The Morgan fingerprint density at radius 1 is 0.879 bits per heavy atom. The van der Waals surface area contributed by atoms with Gasteiger partial charge in [-0.1, -0.05) is 69.4 Å². The van der Waals surface area contributed by atoms with Crippen molar-refractivity contribution in [1.29, 1.82) is 0 Å². The van der Waals surface area contributed by atoms with E-state index in [0.717, 1.165) is 55.3 Å². The Bertz CT molecular complexity index is 2100. The lowest BCUT2D eigenvalue weighted by atomic mass is 9.94. The minimum atomic E-state index is -3.81. The Balaban J connectivity index is 1.02. The van der Waals surface area contributed by atoms with Crippen molar-refractivity contribution in [1.82, 2.24) is 25.2 Å². The third-order valence-electron chi connectivity index (χ3n) is 11.6. The van der Waals surface area contributed by atoms with Crippen molar-refractivity contribution in [3.05, 3.63) is 64.3 Å². The van der Waals surface area contributed by atoms with Crippen LogP contribution in [-0.4, -0.2) is 85.8 Å². The summed E-state index contributed by atoms with van der Waals surface area (Å²) < 4.78 is 38.6. The molecule has 3 heterocycles. The number of aromatic amines is 1. The summed E-state index contributed by atoms with van der Waals surface area (Å²) in [6, 6.07) is 12.2. The molecule has 3 fully saturated rings. The first-order valence-electron chi connectivity index (χ1n) is 20.8. The van der Waals surface area contributed by atoms with Crippen molar-refractivity contribution in [2.45, 2.75) is 127 Å². The van der Waals surface area contributed by atoms with Crippen LogP contribution in [0.2, 0.25) is 0 Å². The quantitative estimate of drug-likeness (QED) is 0.172. The van der Waals surface area contributed by atoms with E-state index in [4.69, 9.17) is 9.47 Å². The van der Waals surface area contributed by atoms with Gasteiger partial charge in [0.2, 0.25) is 21.8 Å². The lowest BCUT2D eigenvalue weighted by Gasteiger charge is -2.31. The van der Waals surface area contributed by atoms with Gasteiger partial charge in [-0.05, 0) is 87.3 Å². The molecule has 1 aliphatic carbocycles. The molecule has 4 N–H and O–H groups in total. The summed E-state index contributed by atoms with van der Waals surface area (Å²) in [5.41, 5.74) is 3.19. The van der Waals surface area contributed by atoms with Gasteiger partial charge >= 0.3 is 6.09 Å². The van der Waals surface area contributed by atoms with Crippen LogP contribution in [0.1, 0.15) is 102 Å². The highest BCUT2D eigenvalue weighted by atomic mass is 32.2. The number of aromatic nitrogens is 1. The Kier molecular flexibility index (Phi) is 14.5. The van der Waals surface area contributed by atoms with Crippen LogP contribution in [0, 0.1) is 5.92 Å². The first-order chi connectivity index (χ1) is 27.9. The Morgan fingerprint density at radius 2 is 1.62 bits per heavy atom. The maximum atomic E-state index is 14.0. The summed E-state index contributed by atoms with van der Waals surface area (Å²) >= 11 is 0. The number of sulfonamides is 1. The van der Waals surface area contributed by atoms with E-state index in [0.29, 0.717) is 81.0 Å². The van der Waals surface area contributed by atoms with Gasteiger partial charge in [0, 0.05) is 29.8 Å². The summed E-state index contributed by atoms with van der Waals surface area (Å²) in [5, 5.41) is 5.57. The van der Waals surface area contributed by atoms with Gasteiger partial charge in [-0.3, -0.25) is 23.9 Å². The van der Waals surface area contributed by atoms with Crippen LogP contribution in [0.15, 0.2) is 53.3 Å². The number of carbonyl (C=O) groups excluding carboxylic acids is 4. The highest BCUT2D eigenvalue weighted by Crippen LogP contribution is 2.29. The summed E-state index contributed by atoms with van der Waals surface area (Å²) in [4.78, 5) is 71.9. The summed E-state index contributed by atoms with van der Waals surface area (Å²) in [6.45, 7) is 2.30. The number of H-pyrrole nitrogens is 1. The minimum Gasteiger partial charge on any atom is -0.496 e. The molecule has 15 heteroatoms. The number of hydrogen-bond donors (Lipinski definition) is 4. The van der Waals surface area contributed by atoms with Crippen molar-refractivity contribution in [3.8, 4) is 17.0 Å². The molecule has 0 radical (unpaired) electrons. The number of pyridine rings is 1. The van der Waals surface area contributed by atoms with Gasteiger partial charge in [0.1, 0.15) is 23.9 Å². The predicted molar refractivity (Wildman–Crippen MR) is 221 cm³/mol. The number of rotatable bonds is 12. The molecule has 6 rings (SSSR count). The monoisotopic (exact) mass is 819 g/mol. The van der Waals surface area contributed by atoms with Crippen molar-refractivity contribution >= 4 is 44.7 Å². The molecular weight excluding hydrogens is 763 g/mol. The normalized spacial score (nSPS) is 22.3. The van der Waals surface area contributed by atoms with Gasteiger partial charge in [0.05, 0.1) is 24.5 Å². The Hall–Kier alpha value is -4.92. The number of benzene rings is 2. The molecule has 1 unspecified atom stereocenters. The van der Waals surface area contributed by atoms with Crippen molar-refractivity contribution in [2.24, 2.45) is 5.92 Å². The molecule has 3 aliphatic rings. The van der Waals surface area contributed by atoms with Gasteiger partial charge in [-0.15, -0.1) is 0 Å². The molecular formula is C43H57N5O9S. The van der Waals surface area contributed by atoms with E-state index in [9.17, 15) is 32.4 Å². The zero-order valence-electron chi connectivity index (χ0n) is 33.6. The number of ether oxygens (including phenoxy) is 2. The molecule has 2 saturated heterocycles. The number of hydrogen-bond acceptors (Lipinski definition) is 9. The number of nitrogens with one attached hydrogen (secondary N) is 4. The van der Waals surface area contributed by atoms with Crippen LogP contribution in [0.5, 0.6) is 5.75 Å². The largest absolute Gasteiger partial charge is 0.496 e. The lowest BCUT2D eigenvalue weighted by Crippen LogP contribution is -2.58. The van der Waals surface area contributed by atoms with Gasteiger partial charge < -0.3 is 30.0 Å². The SMILES string of the molecule is COc1cc2[nH]c(-c3ccccc3)cc(=O)c2cc1CCCCCOC(=O)N[C@H]1CCCCCCC[C@H](C)C(C(=O)NS(=O)(=O)C2CC2)NC(=O)[C@@H]2CCCN2C1=O. The number of unbranched alkanes of at least 4 members (excludes halogenated alkanes) is 2. The summed E-state index contributed by atoms with van der Waals surface area (Å²) in [5.74, 6) is -1.28. The molecule has 1 saturated carbocycles. The van der Waals surface area contributed by atoms with Crippen LogP contribution in [0.3, 0.4) is 0 Å². The smallest absolute Gasteiger partial charge is 0.407 e. The van der Waals surface area contributed by atoms with E-state index in [1.165, 1.54) is 4.90 Å². The third kappa shape index (κ3) is 11.0. The average molecular weight is 820 g/mol. The fourth-order valence-corrected chi connectivity index (χ4v) is 9.41. The number of carbonyl (C=O) groups is 4. The highest BCUT2D eigenvalue weighted by molar-refractivity contribution is 7.90. The number of alkyl carbamates (subject to hydrolysis) is 1. The van der Waals surface area contributed by atoms with Crippen LogP contribution >= 0.6 is 0 Å². The standard InChI is InChI=1S/C43H57N5O9S/c1-28-15-8-4-3-5-12-19-33(42(52)48-23-14-20-36(48)40(50)46-39(28)41(51)47-58(54,55)31-21-22-31)45-43(53)57-24-13-7-11-18-30-25-32-35(27-38(30)56-2)44-34(26-37(32)49)29-16-9-6-10-17-29/h6,9-10,16-17,25-28,31,33,36,39H,3-5,7-8,11-15,18-24H2,1-2H3,(H,44,49)(H,45,53)(H,46,50)(H,47,51)/t28-,33-,36-,39?/m0/s1. The fraction of sp³-hybridized carbons (Fsp3) is 0.558. The molecule has 58 heavy (non-hydrogen) atoms. The second-order valence-electron chi connectivity index (χ2n) is 16.0. The van der Waals surface area contributed by atoms with Crippen molar-refractivity contribution in [2.75, 3.05) is 20.3 Å². The average Bonchev–Trinajstić information content (AvgIpc) is 3.97. The number of fused-ring (bicyclic) bond motifs is 2. The summed E-state index contributed by atoms with van der Waals surface area (Å²) in [7, 11) is -2.21. The molecule has 314 valence electrons. The molecule has 4 atom stereocenters.